The summed E-state index contributed by atoms with van der Waals surface area (Å²) in [7, 11) is 0. The number of nitrogens with two attached hydrogens (primary N) is 1. The lowest BCUT2D eigenvalue weighted by Crippen LogP contribution is -2.22. The summed E-state index contributed by atoms with van der Waals surface area (Å²) in [6.45, 7) is 9.85. The number of hydrogen-bond donors (Lipinski definition) is 2. The summed E-state index contributed by atoms with van der Waals surface area (Å²) in [4.78, 5) is 14.2. The van der Waals surface area contributed by atoms with Gasteiger partial charge in [0.25, 0.3) is 0 Å². The van der Waals surface area contributed by atoms with Crippen LogP contribution < -0.4 is 5.73 Å². The molecule has 2 aromatic rings. The van der Waals surface area contributed by atoms with Gasteiger partial charge in [0.05, 0.1) is 0 Å². The number of carbonyl (C=O) groups is 1. The zero-order valence-electron chi connectivity index (χ0n) is 12.7. The number of aromatic amines is 1. The third kappa shape index (κ3) is 4.78. The molecule has 19 heavy (non-hydrogen) atoms. The number of benzene rings is 1. The molecule has 0 radical (unpaired) electrons. The molecule has 1 heterocycles. The molecule has 0 aliphatic carbocycles. The van der Waals surface area contributed by atoms with E-state index in [0.29, 0.717) is 6.42 Å². The first kappa shape index (κ1) is 17.2. The Morgan fingerprint density at radius 1 is 1.21 bits per heavy atom. The molecule has 3 N–H and O–H groups in total. The van der Waals surface area contributed by atoms with E-state index in [1.165, 1.54) is 5.39 Å². The number of hydrogen-bond acceptors (Lipinski definition) is 1. The average Bonchev–Trinajstić information content (AvgIpc) is 2.86. The Hall–Kier alpha value is -1.77. The van der Waals surface area contributed by atoms with Crippen LogP contribution >= 0.6 is 0 Å². The zero-order chi connectivity index (χ0) is 14.8. The van der Waals surface area contributed by atoms with Crippen LogP contribution in [-0.2, 0) is 11.2 Å². The van der Waals surface area contributed by atoms with Gasteiger partial charge >= 0.3 is 0 Å². The van der Waals surface area contributed by atoms with E-state index in [9.17, 15) is 4.79 Å². The fraction of sp³-hybridized carbons (Fsp3) is 0.438. The van der Waals surface area contributed by atoms with Crippen molar-refractivity contribution in [3.63, 3.8) is 0 Å². The van der Waals surface area contributed by atoms with Crippen molar-refractivity contribution >= 4 is 16.8 Å². The smallest absolute Gasteiger partial charge is 0.220 e. The van der Waals surface area contributed by atoms with Gasteiger partial charge in [-0.2, -0.15) is 0 Å². The van der Waals surface area contributed by atoms with Crippen molar-refractivity contribution < 1.29 is 4.79 Å². The molecule has 1 amide bonds. The number of primary amides is 1. The van der Waals surface area contributed by atoms with Crippen molar-refractivity contribution in [2.75, 3.05) is 0 Å². The number of aromatic nitrogens is 1. The highest BCUT2D eigenvalue weighted by atomic mass is 16.1. The maximum atomic E-state index is 11.0. The molecule has 2 rings (SSSR count). The lowest BCUT2D eigenvalue weighted by atomic mass is 10.0. The predicted molar refractivity (Wildman–Crippen MR) is 83.1 cm³/mol. The largest absolute Gasteiger partial charge is 0.369 e. The average molecular weight is 262 g/mol. The van der Waals surface area contributed by atoms with Gasteiger partial charge in [0.15, 0.2) is 0 Å². The predicted octanol–water partition coefficient (Wildman–Crippen LogP) is 3.88. The number of rotatable bonds is 3. The van der Waals surface area contributed by atoms with Crippen LogP contribution in [0, 0.1) is 5.92 Å². The number of amides is 1. The lowest BCUT2D eigenvalue weighted by molar-refractivity contribution is -0.121. The number of H-pyrrole nitrogens is 1. The topological polar surface area (TPSA) is 58.9 Å². The maximum Gasteiger partial charge on any atom is 0.220 e. The molecular formula is C16H26N2O. The van der Waals surface area contributed by atoms with E-state index in [1.807, 2.05) is 59.0 Å². The summed E-state index contributed by atoms with van der Waals surface area (Å²) < 4.78 is 0. The minimum atomic E-state index is -0.250. The molecule has 1 atom stereocenters. The van der Waals surface area contributed by atoms with Gasteiger partial charge in [-0.25, -0.2) is 0 Å². The summed E-state index contributed by atoms with van der Waals surface area (Å²) in [5, 5.41) is 1.17. The Morgan fingerprint density at radius 3 is 2.37 bits per heavy atom. The minimum absolute atomic E-state index is 0.121. The highest BCUT2D eigenvalue weighted by Gasteiger charge is 2.12. The van der Waals surface area contributed by atoms with Crippen molar-refractivity contribution in [1.29, 1.82) is 0 Å². The lowest BCUT2D eigenvalue weighted by Gasteiger charge is -2.05. The Kier molecular flexibility index (Phi) is 8.34. The number of nitrogens with one attached hydrogen (secondary N) is 1. The van der Waals surface area contributed by atoms with Crippen LogP contribution in [0.4, 0.5) is 0 Å². The van der Waals surface area contributed by atoms with E-state index in [1.54, 1.807) is 0 Å². The van der Waals surface area contributed by atoms with Crippen molar-refractivity contribution in [2.24, 2.45) is 11.7 Å². The summed E-state index contributed by atoms with van der Waals surface area (Å²) in [6.07, 6.45) is 2.64. The molecule has 1 aromatic carbocycles. The Balaban J connectivity index is 0.000000741. The van der Waals surface area contributed by atoms with E-state index in [2.05, 4.69) is 11.1 Å². The van der Waals surface area contributed by atoms with Crippen LogP contribution in [-0.4, -0.2) is 10.9 Å². The Morgan fingerprint density at radius 2 is 1.79 bits per heavy atom. The van der Waals surface area contributed by atoms with Gasteiger partial charge < -0.3 is 10.7 Å². The highest BCUT2D eigenvalue weighted by Crippen LogP contribution is 2.20. The van der Waals surface area contributed by atoms with E-state index < -0.39 is 0 Å². The van der Waals surface area contributed by atoms with Crippen LogP contribution in [0.25, 0.3) is 10.9 Å². The van der Waals surface area contributed by atoms with Crippen molar-refractivity contribution in [1.82, 2.24) is 4.98 Å². The Labute approximate surface area is 116 Å². The second-order valence-corrected chi connectivity index (χ2v) is 3.87. The van der Waals surface area contributed by atoms with Crippen LogP contribution in [0.15, 0.2) is 30.5 Å². The summed E-state index contributed by atoms with van der Waals surface area (Å²) in [6, 6.07) is 8.05. The first-order valence-electron chi connectivity index (χ1n) is 7.03. The monoisotopic (exact) mass is 262 g/mol. The van der Waals surface area contributed by atoms with Gasteiger partial charge in [-0.1, -0.05) is 52.8 Å². The van der Waals surface area contributed by atoms with Gasteiger partial charge in [-0.15, -0.1) is 0 Å². The molecule has 106 valence electrons. The van der Waals surface area contributed by atoms with Crippen molar-refractivity contribution in [3.8, 4) is 0 Å². The quantitative estimate of drug-likeness (QED) is 0.866. The first-order chi connectivity index (χ1) is 9.18. The standard InChI is InChI=1S/C12H14N2O.2C2H6/c1-8(12(13)15)6-9-7-14-11-5-3-2-4-10(9)11;2*1-2/h2-5,7-8,14H,6H2,1H3,(H2,13,15);2*1-2H3/t8-;;/m0../s1. The molecule has 1 aromatic heterocycles. The number of para-hydroxylation sites is 1. The number of fused-ring (bicyclic) bond motifs is 1. The van der Waals surface area contributed by atoms with Crippen LogP contribution in [0.2, 0.25) is 0 Å². The van der Waals surface area contributed by atoms with Crippen LogP contribution in [0.5, 0.6) is 0 Å². The van der Waals surface area contributed by atoms with Gasteiger partial charge in [0.2, 0.25) is 5.91 Å². The second kappa shape index (κ2) is 9.20. The third-order valence-corrected chi connectivity index (χ3v) is 2.69. The molecule has 0 saturated carbocycles. The molecule has 3 nitrogen and oxygen atoms in total. The summed E-state index contributed by atoms with van der Waals surface area (Å²) >= 11 is 0. The zero-order valence-corrected chi connectivity index (χ0v) is 12.7. The van der Waals surface area contributed by atoms with E-state index in [-0.39, 0.29) is 11.8 Å². The van der Waals surface area contributed by atoms with Crippen LogP contribution in [0.3, 0.4) is 0 Å². The molecular weight excluding hydrogens is 236 g/mol. The second-order valence-electron chi connectivity index (χ2n) is 3.87. The molecule has 0 bridgehead atoms. The maximum absolute atomic E-state index is 11.0. The number of carbonyl (C=O) groups excluding carboxylic acids is 1. The molecule has 0 unspecified atom stereocenters. The molecule has 0 aliphatic heterocycles. The van der Waals surface area contributed by atoms with Gasteiger partial charge in [0.1, 0.15) is 0 Å². The Bertz CT molecular complexity index is 488. The van der Waals surface area contributed by atoms with Gasteiger partial charge in [-0.3, -0.25) is 4.79 Å². The summed E-state index contributed by atoms with van der Waals surface area (Å²) in [5.74, 6) is -0.371. The molecule has 0 aliphatic rings. The molecule has 0 fully saturated rings. The van der Waals surface area contributed by atoms with Crippen molar-refractivity contribution in [3.05, 3.63) is 36.0 Å². The van der Waals surface area contributed by atoms with Crippen molar-refractivity contribution in [2.45, 2.75) is 41.0 Å². The van der Waals surface area contributed by atoms with E-state index >= 15 is 0 Å². The van der Waals surface area contributed by atoms with E-state index in [4.69, 9.17) is 5.73 Å². The first-order valence-corrected chi connectivity index (χ1v) is 7.03. The van der Waals surface area contributed by atoms with Gasteiger partial charge in [0, 0.05) is 23.0 Å². The third-order valence-electron chi connectivity index (χ3n) is 2.69. The fourth-order valence-corrected chi connectivity index (χ4v) is 1.73. The molecule has 0 saturated heterocycles. The minimum Gasteiger partial charge on any atom is -0.369 e. The van der Waals surface area contributed by atoms with Gasteiger partial charge in [-0.05, 0) is 18.1 Å². The molecule has 0 spiro atoms. The molecule has 3 heteroatoms. The normalized spacial score (nSPS) is 10.8. The van der Waals surface area contributed by atoms with Crippen LogP contribution in [0.1, 0.15) is 40.2 Å². The highest BCUT2D eigenvalue weighted by molar-refractivity contribution is 5.84. The van der Waals surface area contributed by atoms with E-state index in [0.717, 1.165) is 11.1 Å². The SMILES string of the molecule is CC.CC.C[C@@H](Cc1c[nH]c2ccccc12)C(N)=O. The summed E-state index contributed by atoms with van der Waals surface area (Å²) in [5.41, 5.74) is 7.50. The fourth-order valence-electron chi connectivity index (χ4n) is 1.73.